The Hall–Kier alpha value is -3.55. The Kier molecular flexibility index (Phi) is 4.74. The normalized spacial score (nSPS) is 14.7. The fourth-order valence-corrected chi connectivity index (χ4v) is 3.60. The molecule has 30 heavy (non-hydrogen) atoms. The molecule has 1 amide bonds. The van der Waals surface area contributed by atoms with Crippen LogP contribution in [-0.2, 0) is 11.3 Å². The van der Waals surface area contributed by atoms with Crippen LogP contribution >= 0.6 is 0 Å². The minimum absolute atomic E-state index is 0.0180. The number of carbonyl (C=O) groups is 1. The Morgan fingerprint density at radius 2 is 2.07 bits per heavy atom. The van der Waals surface area contributed by atoms with Crippen molar-refractivity contribution in [3.05, 3.63) is 65.9 Å². The van der Waals surface area contributed by atoms with Crippen LogP contribution in [0.2, 0.25) is 0 Å². The molecule has 1 fully saturated rings. The topological polar surface area (TPSA) is 98.2 Å². The summed E-state index contributed by atoms with van der Waals surface area (Å²) >= 11 is 0. The molecule has 3 heterocycles. The zero-order valence-corrected chi connectivity index (χ0v) is 16.7. The van der Waals surface area contributed by atoms with Crippen LogP contribution in [0.25, 0.3) is 17.1 Å². The van der Waals surface area contributed by atoms with Crippen molar-refractivity contribution < 1.29 is 9.32 Å². The first-order valence-electron chi connectivity index (χ1n) is 10.2. The maximum atomic E-state index is 12.7. The van der Waals surface area contributed by atoms with Crippen molar-refractivity contribution in [2.24, 2.45) is 0 Å². The second-order valence-corrected chi connectivity index (χ2v) is 7.58. The highest BCUT2D eigenvalue weighted by molar-refractivity contribution is 5.83. The number of hydrogen-bond donors (Lipinski definition) is 1. The van der Waals surface area contributed by atoms with Crippen molar-refractivity contribution in [2.45, 2.75) is 44.6 Å². The molecule has 1 aromatic carbocycles. The lowest BCUT2D eigenvalue weighted by atomic mass is 9.96. The van der Waals surface area contributed by atoms with E-state index in [0.29, 0.717) is 29.8 Å². The molecule has 152 valence electrons. The third-order valence-electron chi connectivity index (χ3n) is 5.46. The van der Waals surface area contributed by atoms with Crippen LogP contribution in [0.3, 0.4) is 0 Å². The molecule has 0 spiro atoms. The number of rotatable bonds is 7. The van der Waals surface area contributed by atoms with Gasteiger partial charge in [0.15, 0.2) is 17.3 Å². The van der Waals surface area contributed by atoms with Crippen LogP contribution in [0.4, 0.5) is 0 Å². The predicted octanol–water partition coefficient (Wildman–Crippen LogP) is 3.47. The van der Waals surface area contributed by atoms with Crippen molar-refractivity contribution >= 4 is 11.6 Å². The summed E-state index contributed by atoms with van der Waals surface area (Å²) in [5, 5.41) is 15.5. The Morgan fingerprint density at radius 1 is 1.23 bits per heavy atom. The number of hydrogen-bond acceptors (Lipinski definition) is 6. The van der Waals surface area contributed by atoms with Gasteiger partial charge < -0.3 is 9.84 Å². The second-order valence-electron chi connectivity index (χ2n) is 7.58. The van der Waals surface area contributed by atoms with Crippen molar-refractivity contribution in [1.29, 1.82) is 0 Å². The summed E-state index contributed by atoms with van der Waals surface area (Å²) in [7, 11) is 0. The van der Waals surface area contributed by atoms with Crippen molar-refractivity contribution in [3.8, 4) is 11.5 Å². The molecule has 8 nitrogen and oxygen atoms in total. The molecule has 0 saturated heterocycles. The van der Waals surface area contributed by atoms with Crippen LogP contribution in [0.1, 0.15) is 55.2 Å². The van der Waals surface area contributed by atoms with E-state index in [1.54, 1.807) is 0 Å². The molecular weight excluding hydrogens is 380 g/mol. The van der Waals surface area contributed by atoms with E-state index in [0.717, 1.165) is 36.2 Å². The van der Waals surface area contributed by atoms with Gasteiger partial charge in [-0.1, -0.05) is 42.4 Å². The highest BCUT2D eigenvalue weighted by Gasteiger charge is 2.29. The van der Waals surface area contributed by atoms with Crippen molar-refractivity contribution in [3.63, 3.8) is 0 Å². The standard InChI is InChI=1S/C22H22N6O2/c1-2-17(14-6-4-3-5-7-14)21(29)23-13-19-26-25-18-12-16(10-11-28(18)19)22-24-20(27-30-22)15-8-9-15/h3-7,10-12,15,17H,2,8-9,13H2,1H3,(H,23,29). The molecule has 1 aliphatic rings. The monoisotopic (exact) mass is 402 g/mol. The van der Waals surface area contributed by atoms with E-state index in [1.807, 2.05) is 60.0 Å². The molecule has 5 rings (SSSR count). The fourth-order valence-electron chi connectivity index (χ4n) is 3.60. The molecule has 1 aliphatic carbocycles. The van der Waals surface area contributed by atoms with Gasteiger partial charge in [-0.2, -0.15) is 4.98 Å². The first-order chi connectivity index (χ1) is 14.7. The molecule has 3 aromatic heterocycles. The third kappa shape index (κ3) is 3.56. The lowest BCUT2D eigenvalue weighted by molar-refractivity contribution is -0.122. The zero-order chi connectivity index (χ0) is 20.5. The fraction of sp³-hybridized carbons (Fsp3) is 0.318. The lowest BCUT2D eigenvalue weighted by Gasteiger charge is -2.15. The number of nitrogens with one attached hydrogen (secondary N) is 1. The maximum Gasteiger partial charge on any atom is 0.258 e. The Balaban J connectivity index is 1.30. The summed E-state index contributed by atoms with van der Waals surface area (Å²) in [5.41, 5.74) is 2.48. The minimum atomic E-state index is -0.185. The molecule has 1 atom stereocenters. The molecule has 1 saturated carbocycles. The number of pyridine rings is 1. The second kappa shape index (κ2) is 7.70. The predicted molar refractivity (Wildman–Crippen MR) is 110 cm³/mol. The average Bonchev–Trinajstić information content (AvgIpc) is 3.37. The van der Waals surface area contributed by atoms with Gasteiger partial charge in [0.25, 0.3) is 5.89 Å². The molecule has 0 radical (unpaired) electrons. The average molecular weight is 402 g/mol. The van der Waals surface area contributed by atoms with Crippen LogP contribution in [-0.4, -0.2) is 30.6 Å². The molecule has 4 aromatic rings. The van der Waals surface area contributed by atoms with E-state index in [-0.39, 0.29) is 11.8 Å². The molecule has 0 bridgehead atoms. The van der Waals surface area contributed by atoms with Crippen LogP contribution in [0.15, 0.2) is 53.2 Å². The van der Waals surface area contributed by atoms with E-state index in [4.69, 9.17) is 4.52 Å². The summed E-state index contributed by atoms with van der Waals surface area (Å²) < 4.78 is 7.24. The van der Waals surface area contributed by atoms with Gasteiger partial charge >= 0.3 is 0 Å². The first kappa shape index (κ1) is 18.5. The van der Waals surface area contributed by atoms with Gasteiger partial charge in [0, 0.05) is 17.7 Å². The smallest absolute Gasteiger partial charge is 0.258 e. The number of carbonyl (C=O) groups excluding carboxylic acids is 1. The largest absolute Gasteiger partial charge is 0.348 e. The van der Waals surface area contributed by atoms with Gasteiger partial charge in [-0.3, -0.25) is 9.20 Å². The van der Waals surface area contributed by atoms with Crippen LogP contribution in [0.5, 0.6) is 0 Å². The van der Waals surface area contributed by atoms with Gasteiger partial charge in [0.1, 0.15) is 0 Å². The van der Waals surface area contributed by atoms with Gasteiger partial charge in [0.05, 0.1) is 12.5 Å². The van der Waals surface area contributed by atoms with E-state index < -0.39 is 0 Å². The zero-order valence-electron chi connectivity index (χ0n) is 16.7. The summed E-state index contributed by atoms with van der Waals surface area (Å²) in [4.78, 5) is 17.2. The van der Waals surface area contributed by atoms with E-state index in [1.165, 1.54) is 0 Å². The van der Waals surface area contributed by atoms with Crippen molar-refractivity contribution in [1.82, 2.24) is 30.1 Å². The molecule has 1 N–H and O–H groups in total. The lowest BCUT2D eigenvalue weighted by Crippen LogP contribution is -2.29. The van der Waals surface area contributed by atoms with Crippen LogP contribution < -0.4 is 5.32 Å². The summed E-state index contributed by atoms with van der Waals surface area (Å²) in [6.07, 6.45) is 4.84. The molecular formula is C22H22N6O2. The van der Waals surface area contributed by atoms with Gasteiger partial charge in [0.2, 0.25) is 5.91 Å². The Morgan fingerprint density at radius 3 is 2.83 bits per heavy atom. The van der Waals surface area contributed by atoms with Gasteiger partial charge in [-0.25, -0.2) is 0 Å². The summed E-state index contributed by atoms with van der Waals surface area (Å²) in [5.74, 6) is 2.17. The number of nitrogens with zero attached hydrogens (tertiary/aromatic N) is 5. The summed E-state index contributed by atoms with van der Waals surface area (Å²) in [6.45, 7) is 2.31. The number of aromatic nitrogens is 5. The first-order valence-corrected chi connectivity index (χ1v) is 10.2. The third-order valence-corrected chi connectivity index (χ3v) is 5.46. The SMILES string of the molecule is CCC(C(=O)NCc1nnc2cc(-c3nc(C4CC4)no3)ccn12)c1ccccc1. The molecule has 8 heteroatoms. The van der Waals surface area contributed by atoms with Crippen LogP contribution in [0, 0.1) is 0 Å². The number of benzene rings is 1. The van der Waals surface area contributed by atoms with E-state index in [9.17, 15) is 4.79 Å². The number of fused-ring (bicyclic) bond motifs is 1. The quantitative estimate of drug-likeness (QED) is 0.508. The molecule has 0 aliphatic heterocycles. The van der Waals surface area contributed by atoms with E-state index >= 15 is 0 Å². The van der Waals surface area contributed by atoms with Gasteiger partial charge in [-0.15, -0.1) is 10.2 Å². The highest BCUT2D eigenvalue weighted by atomic mass is 16.5. The van der Waals surface area contributed by atoms with Gasteiger partial charge in [-0.05, 0) is 37.0 Å². The minimum Gasteiger partial charge on any atom is -0.348 e. The highest BCUT2D eigenvalue weighted by Crippen LogP contribution is 2.38. The maximum absolute atomic E-state index is 12.7. The molecule has 1 unspecified atom stereocenters. The Labute approximate surface area is 173 Å². The summed E-state index contributed by atoms with van der Waals surface area (Å²) in [6, 6.07) is 13.6. The number of amides is 1. The Bertz CT molecular complexity index is 1180. The van der Waals surface area contributed by atoms with Crippen molar-refractivity contribution in [2.75, 3.05) is 0 Å². The van der Waals surface area contributed by atoms with E-state index in [2.05, 4.69) is 25.7 Å².